The van der Waals surface area contributed by atoms with Crippen LogP contribution in [0.15, 0.2) is 30.0 Å². The smallest absolute Gasteiger partial charge is 0.342 e. The second-order valence-corrected chi connectivity index (χ2v) is 6.12. The molecule has 1 aliphatic heterocycles. The first-order valence-corrected chi connectivity index (χ1v) is 8.10. The molecule has 120 valence electrons. The molecular weight excluding hydrogens is 276 g/mol. The minimum Gasteiger partial charge on any atom is -0.459 e. The first-order valence-electron chi connectivity index (χ1n) is 8.10. The lowest BCUT2D eigenvalue weighted by Gasteiger charge is -2.20. The molecule has 1 unspecified atom stereocenters. The maximum atomic E-state index is 12.3. The van der Waals surface area contributed by atoms with Gasteiger partial charge in [0.2, 0.25) is 0 Å². The number of esters is 1. The minimum absolute atomic E-state index is 0.124. The summed E-state index contributed by atoms with van der Waals surface area (Å²) in [5.74, 6) is 1.01. The summed E-state index contributed by atoms with van der Waals surface area (Å²) >= 11 is 0. The zero-order valence-corrected chi connectivity index (χ0v) is 14.0. The molecule has 0 N–H and O–H groups in total. The molecule has 0 saturated carbocycles. The van der Waals surface area contributed by atoms with Gasteiger partial charge >= 0.3 is 5.97 Å². The predicted octanol–water partition coefficient (Wildman–Crippen LogP) is 3.83. The van der Waals surface area contributed by atoms with Crippen molar-refractivity contribution in [2.24, 2.45) is 5.92 Å². The standard InChI is InChI=1S/C18H26N2O2/c1-5-7-14(4)15-9-11-20(12-15)17-16(8-6-10-19-17)18(21)22-13(2)3/h6-8,10,13,15H,5,9,11-12H2,1-4H3. The lowest BCUT2D eigenvalue weighted by atomic mass is 9.99. The zero-order valence-electron chi connectivity index (χ0n) is 14.0. The van der Waals surface area contributed by atoms with Gasteiger partial charge in [-0.25, -0.2) is 9.78 Å². The summed E-state index contributed by atoms with van der Waals surface area (Å²) in [5, 5.41) is 0. The Bertz CT molecular complexity index is 552. The van der Waals surface area contributed by atoms with Crippen LogP contribution in [0.4, 0.5) is 5.82 Å². The zero-order chi connectivity index (χ0) is 16.1. The van der Waals surface area contributed by atoms with Gasteiger partial charge in [-0.05, 0) is 51.7 Å². The molecule has 1 atom stereocenters. The number of rotatable bonds is 5. The van der Waals surface area contributed by atoms with Crippen molar-refractivity contribution < 1.29 is 9.53 Å². The highest BCUT2D eigenvalue weighted by molar-refractivity contribution is 5.94. The summed E-state index contributed by atoms with van der Waals surface area (Å²) < 4.78 is 5.33. The van der Waals surface area contributed by atoms with Crippen molar-refractivity contribution in [1.29, 1.82) is 0 Å². The summed E-state index contributed by atoms with van der Waals surface area (Å²) in [5.41, 5.74) is 2.00. The second kappa shape index (κ2) is 7.43. The van der Waals surface area contributed by atoms with Crippen molar-refractivity contribution in [1.82, 2.24) is 4.98 Å². The molecule has 2 rings (SSSR count). The highest BCUT2D eigenvalue weighted by atomic mass is 16.5. The molecular formula is C18H26N2O2. The molecule has 4 heteroatoms. The third-order valence-corrected chi connectivity index (χ3v) is 4.01. The Morgan fingerprint density at radius 2 is 2.32 bits per heavy atom. The number of aromatic nitrogens is 1. The van der Waals surface area contributed by atoms with Crippen molar-refractivity contribution in [3.05, 3.63) is 35.5 Å². The van der Waals surface area contributed by atoms with Crippen molar-refractivity contribution in [2.45, 2.75) is 46.6 Å². The minimum atomic E-state index is -0.289. The molecule has 0 bridgehead atoms. The molecule has 0 amide bonds. The summed E-state index contributed by atoms with van der Waals surface area (Å²) in [7, 11) is 0. The van der Waals surface area contributed by atoms with Crippen LogP contribution in [0.2, 0.25) is 0 Å². The molecule has 1 aliphatic rings. The van der Waals surface area contributed by atoms with E-state index in [1.807, 2.05) is 13.8 Å². The average molecular weight is 302 g/mol. The number of carbonyl (C=O) groups is 1. The first-order chi connectivity index (χ1) is 10.5. The van der Waals surface area contributed by atoms with Crippen LogP contribution in [0.5, 0.6) is 0 Å². The van der Waals surface area contributed by atoms with Crippen LogP contribution in [0.3, 0.4) is 0 Å². The van der Waals surface area contributed by atoms with Crippen LogP contribution >= 0.6 is 0 Å². The highest BCUT2D eigenvalue weighted by Crippen LogP contribution is 2.29. The number of anilines is 1. The topological polar surface area (TPSA) is 42.4 Å². The predicted molar refractivity (Wildman–Crippen MR) is 89.2 cm³/mol. The van der Waals surface area contributed by atoms with Crippen LogP contribution in [0, 0.1) is 5.92 Å². The SMILES string of the molecule is CCC=C(C)C1CCN(c2ncccc2C(=O)OC(C)C)C1. The van der Waals surface area contributed by atoms with E-state index in [0.717, 1.165) is 31.7 Å². The molecule has 1 fully saturated rings. The molecule has 1 saturated heterocycles. The normalized spacial score (nSPS) is 18.9. The Morgan fingerprint density at radius 3 is 3.00 bits per heavy atom. The van der Waals surface area contributed by atoms with E-state index in [1.54, 1.807) is 18.3 Å². The van der Waals surface area contributed by atoms with Crippen LogP contribution < -0.4 is 4.90 Å². The monoisotopic (exact) mass is 302 g/mol. The summed E-state index contributed by atoms with van der Waals surface area (Å²) in [6.07, 6.45) is 6.08. The van der Waals surface area contributed by atoms with Crippen LogP contribution in [0.25, 0.3) is 0 Å². The fourth-order valence-corrected chi connectivity index (χ4v) is 2.90. The number of pyridine rings is 1. The molecule has 0 aromatic carbocycles. The molecule has 1 aromatic rings. The highest BCUT2D eigenvalue weighted by Gasteiger charge is 2.27. The molecule has 0 spiro atoms. The van der Waals surface area contributed by atoms with Gasteiger partial charge in [-0.2, -0.15) is 0 Å². The van der Waals surface area contributed by atoms with E-state index in [1.165, 1.54) is 5.57 Å². The van der Waals surface area contributed by atoms with E-state index in [2.05, 4.69) is 29.8 Å². The van der Waals surface area contributed by atoms with Crippen molar-refractivity contribution in [3.8, 4) is 0 Å². The van der Waals surface area contributed by atoms with Gasteiger partial charge in [0.05, 0.1) is 6.10 Å². The summed E-state index contributed by atoms with van der Waals surface area (Å²) in [6.45, 7) is 9.93. The van der Waals surface area contributed by atoms with Gasteiger partial charge in [0.15, 0.2) is 0 Å². The lowest BCUT2D eigenvalue weighted by Crippen LogP contribution is -2.24. The van der Waals surface area contributed by atoms with Gasteiger partial charge in [-0.1, -0.05) is 18.6 Å². The van der Waals surface area contributed by atoms with Crippen molar-refractivity contribution in [2.75, 3.05) is 18.0 Å². The van der Waals surface area contributed by atoms with E-state index in [0.29, 0.717) is 11.5 Å². The quantitative estimate of drug-likeness (QED) is 0.612. The van der Waals surface area contributed by atoms with Gasteiger partial charge in [-0.15, -0.1) is 0 Å². The van der Waals surface area contributed by atoms with Gasteiger partial charge in [0.1, 0.15) is 11.4 Å². The maximum Gasteiger partial charge on any atom is 0.342 e. The second-order valence-electron chi connectivity index (χ2n) is 6.12. The van der Waals surface area contributed by atoms with Gasteiger partial charge in [-0.3, -0.25) is 0 Å². The maximum absolute atomic E-state index is 12.3. The van der Waals surface area contributed by atoms with Gasteiger partial charge in [0.25, 0.3) is 0 Å². The molecule has 22 heavy (non-hydrogen) atoms. The Hall–Kier alpha value is -1.84. The van der Waals surface area contributed by atoms with E-state index >= 15 is 0 Å². The Labute approximate surface area is 133 Å². The molecule has 2 heterocycles. The third kappa shape index (κ3) is 3.87. The third-order valence-electron chi connectivity index (χ3n) is 4.01. The average Bonchev–Trinajstić information content (AvgIpc) is 2.96. The Morgan fingerprint density at radius 1 is 1.55 bits per heavy atom. The van der Waals surface area contributed by atoms with Crippen LogP contribution in [0.1, 0.15) is 50.9 Å². The van der Waals surface area contributed by atoms with Crippen LogP contribution in [-0.4, -0.2) is 30.1 Å². The molecule has 4 nitrogen and oxygen atoms in total. The van der Waals surface area contributed by atoms with Crippen LogP contribution in [-0.2, 0) is 4.74 Å². The first kappa shape index (κ1) is 16.5. The largest absolute Gasteiger partial charge is 0.459 e. The van der Waals surface area contributed by atoms with E-state index < -0.39 is 0 Å². The number of hydrogen-bond acceptors (Lipinski definition) is 4. The fraction of sp³-hybridized carbons (Fsp3) is 0.556. The van der Waals surface area contributed by atoms with Gasteiger partial charge < -0.3 is 9.64 Å². The molecule has 1 aromatic heterocycles. The van der Waals surface area contributed by atoms with Gasteiger partial charge in [0, 0.05) is 19.3 Å². The number of ether oxygens (including phenoxy) is 1. The lowest BCUT2D eigenvalue weighted by molar-refractivity contribution is 0.0378. The van der Waals surface area contributed by atoms with E-state index in [9.17, 15) is 4.79 Å². The number of hydrogen-bond donors (Lipinski definition) is 0. The summed E-state index contributed by atoms with van der Waals surface area (Å²) in [6, 6.07) is 3.59. The molecule has 0 radical (unpaired) electrons. The summed E-state index contributed by atoms with van der Waals surface area (Å²) in [4.78, 5) is 18.9. The Kier molecular flexibility index (Phi) is 5.58. The van der Waals surface area contributed by atoms with E-state index in [4.69, 9.17) is 4.74 Å². The van der Waals surface area contributed by atoms with Crippen molar-refractivity contribution >= 4 is 11.8 Å². The fourth-order valence-electron chi connectivity index (χ4n) is 2.90. The van der Waals surface area contributed by atoms with E-state index in [-0.39, 0.29) is 12.1 Å². The Balaban J connectivity index is 2.17. The number of allylic oxidation sites excluding steroid dienone is 1. The number of carbonyl (C=O) groups excluding carboxylic acids is 1. The van der Waals surface area contributed by atoms with Crippen molar-refractivity contribution in [3.63, 3.8) is 0 Å². The molecule has 0 aliphatic carbocycles. The number of nitrogens with zero attached hydrogens (tertiary/aromatic N) is 2.